The van der Waals surface area contributed by atoms with Crippen LogP contribution in [0.25, 0.3) is 0 Å². The summed E-state index contributed by atoms with van der Waals surface area (Å²) in [6.07, 6.45) is -7.72. The van der Waals surface area contributed by atoms with Crippen molar-refractivity contribution >= 4 is 33.4 Å². The van der Waals surface area contributed by atoms with E-state index in [2.05, 4.69) is 25.2 Å². The van der Waals surface area contributed by atoms with E-state index in [4.69, 9.17) is 4.74 Å². The first kappa shape index (κ1) is 32.0. The Morgan fingerprint density at radius 2 is 1.91 bits per heavy atom. The van der Waals surface area contributed by atoms with Crippen LogP contribution in [0, 0.1) is 5.92 Å². The van der Waals surface area contributed by atoms with Gasteiger partial charge in [0.2, 0.25) is 11.5 Å². The van der Waals surface area contributed by atoms with Gasteiger partial charge in [0.05, 0.1) is 24.7 Å². The molecule has 43 heavy (non-hydrogen) atoms. The molecule has 0 radical (unpaired) electrons. The smallest absolute Gasteiger partial charge is 0.427 e. The third kappa shape index (κ3) is 7.02. The van der Waals surface area contributed by atoms with Crippen molar-refractivity contribution in [1.82, 2.24) is 15.1 Å². The van der Waals surface area contributed by atoms with Gasteiger partial charge in [-0.1, -0.05) is 0 Å². The van der Waals surface area contributed by atoms with Gasteiger partial charge in [-0.3, -0.25) is 19.1 Å². The molecule has 238 valence electrons. The number of hydrogen-bond donors (Lipinski definition) is 2. The second-order valence-electron chi connectivity index (χ2n) is 10.1. The normalized spacial score (nSPS) is 20.2. The summed E-state index contributed by atoms with van der Waals surface area (Å²) in [6.45, 7) is -1.28. The molecule has 2 heterocycles. The number of aryl methyl sites for hydroxylation is 1. The zero-order chi connectivity index (χ0) is 31.9. The first-order valence-electron chi connectivity index (χ1n) is 12.8. The van der Waals surface area contributed by atoms with Gasteiger partial charge >= 0.3 is 18.9 Å². The minimum absolute atomic E-state index is 0.0490. The molecular weight excluding hydrogens is 616 g/mol. The number of halogens is 6. The van der Waals surface area contributed by atoms with E-state index in [0.29, 0.717) is 13.8 Å². The molecule has 3 unspecified atom stereocenters. The first-order chi connectivity index (χ1) is 19.9. The monoisotopic (exact) mass is 643 g/mol. The van der Waals surface area contributed by atoms with Gasteiger partial charge in [0.1, 0.15) is 18.0 Å². The molecule has 1 aliphatic carbocycles. The average molecular weight is 644 g/mol. The van der Waals surface area contributed by atoms with Crippen LogP contribution < -0.4 is 24.4 Å². The van der Waals surface area contributed by atoms with E-state index >= 15 is 0 Å². The van der Waals surface area contributed by atoms with Crippen molar-refractivity contribution in [1.29, 1.82) is 0 Å². The number of carbonyl (C=O) groups is 2. The largest absolute Gasteiger partial charge is 0.484 e. The maximum absolute atomic E-state index is 13.9. The van der Waals surface area contributed by atoms with E-state index in [-0.39, 0.29) is 36.6 Å². The van der Waals surface area contributed by atoms with Crippen molar-refractivity contribution in [2.45, 2.75) is 69.3 Å². The number of carbonyl (C=O) groups excluding carboxylic acids is 2. The van der Waals surface area contributed by atoms with Crippen LogP contribution >= 0.6 is 0 Å². The molecule has 4 rings (SSSR count). The number of rotatable bonds is 10. The Morgan fingerprint density at radius 1 is 1.23 bits per heavy atom. The molecule has 1 fully saturated rings. The summed E-state index contributed by atoms with van der Waals surface area (Å²) in [5.41, 5.74) is -3.30. The summed E-state index contributed by atoms with van der Waals surface area (Å²) in [5, 5.41) is 8.29. The minimum Gasteiger partial charge on any atom is -0.484 e. The van der Waals surface area contributed by atoms with E-state index in [0.717, 1.165) is 21.3 Å². The highest BCUT2D eigenvalue weighted by atomic mass is 32.2. The standard InChI is InChI=1S/C24H27F6N5O7S/c1-4-34-11-18(20(33-34)41-21(26)27)43(38,39)35-10-13(9-31-19(36)14-8-15(14)25)40-17-6-5-12(7-16(17)35)32-22(37)42-23(2,3)24(28,29)30/h5-7,11,13-15,21H,4,8-10H2,1-3H3,(H,31,36)(H,32,37). The van der Waals surface area contributed by atoms with Crippen LogP contribution in [0.1, 0.15) is 27.2 Å². The number of nitrogens with one attached hydrogen (secondary N) is 2. The molecule has 2 aromatic rings. The van der Waals surface area contributed by atoms with Crippen molar-refractivity contribution in [2.75, 3.05) is 22.7 Å². The van der Waals surface area contributed by atoms with Gasteiger partial charge < -0.3 is 19.5 Å². The minimum atomic E-state index is -4.89. The quantitative estimate of drug-likeness (QED) is 0.373. The molecule has 3 atom stereocenters. The van der Waals surface area contributed by atoms with Crippen molar-refractivity contribution < 1.29 is 58.6 Å². The van der Waals surface area contributed by atoms with E-state index in [1.165, 1.54) is 12.1 Å². The van der Waals surface area contributed by atoms with E-state index < -0.39 is 75.9 Å². The molecule has 19 heteroatoms. The summed E-state index contributed by atoms with van der Waals surface area (Å²) in [5.74, 6) is -2.45. The molecule has 1 aliphatic heterocycles. The second kappa shape index (κ2) is 11.6. The van der Waals surface area contributed by atoms with Gasteiger partial charge in [0.25, 0.3) is 15.9 Å². The number of sulfonamides is 1. The van der Waals surface area contributed by atoms with Gasteiger partial charge in [-0.15, -0.1) is 5.10 Å². The zero-order valence-corrected chi connectivity index (χ0v) is 23.6. The fourth-order valence-electron chi connectivity index (χ4n) is 3.95. The highest BCUT2D eigenvalue weighted by molar-refractivity contribution is 7.93. The number of amides is 2. The number of anilines is 2. The maximum atomic E-state index is 13.9. The van der Waals surface area contributed by atoms with Gasteiger partial charge in [-0.05, 0) is 45.4 Å². The number of ether oxygens (including phenoxy) is 3. The molecule has 1 aromatic heterocycles. The lowest BCUT2D eigenvalue weighted by Gasteiger charge is -2.35. The molecule has 0 spiro atoms. The Balaban J connectivity index is 1.67. The lowest BCUT2D eigenvalue weighted by atomic mass is 10.1. The van der Waals surface area contributed by atoms with E-state index in [1.54, 1.807) is 6.92 Å². The average Bonchev–Trinajstić information content (AvgIpc) is 3.49. The molecule has 1 aromatic carbocycles. The van der Waals surface area contributed by atoms with Crippen LogP contribution in [0.2, 0.25) is 0 Å². The summed E-state index contributed by atoms with van der Waals surface area (Å²) >= 11 is 0. The number of nitrogens with zero attached hydrogens (tertiary/aromatic N) is 3. The third-order valence-electron chi connectivity index (χ3n) is 6.51. The van der Waals surface area contributed by atoms with Crippen LogP contribution in [0.4, 0.5) is 42.5 Å². The highest BCUT2D eigenvalue weighted by Crippen LogP contribution is 2.41. The van der Waals surface area contributed by atoms with Crippen molar-refractivity contribution in [2.24, 2.45) is 5.92 Å². The molecule has 2 N–H and O–H groups in total. The SMILES string of the molecule is CCn1cc(S(=O)(=O)N2CC(CNC(=O)C3CC3F)Oc3ccc(NC(=O)OC(C)(C)C(F)(F)F)cc32)c(OC(F)F)n1. The van der Waals surface area contributed by atoms with E-state index in [9.17, 15) is 44.3 Å². The van der Waals surface area contributed by atoms with Gasteiger partial charge in [0, 0.05) is 18.4 Å². The van der Waals surface area contributed by atoms with Crippen LogP contribution in [0.5, 0.6) is 11.6 Å². The molecule has 0 bridgehead atoms. The molecule has 2 aliphatic rings. The first-order valence-corrected chi connectivity index (χ1v) is 14.2. The van der Waals surface area contributed by atoms with Crippen LogP contribution in [-0.4, -0.2) is 74.0 Å². The van der Waals surface area contributed by atoms with E-state index in [1.807, 2.05) is 0 Å². The predicted octanol–water partition coefficient (Wildman–Crippen LogP) is 3.82. The van der Waals surface area contributed by atoms with Crippen LogP contribution in [-0.2, 0) is 26.1 Å². The molecule has 1 saturated carbocycles. The number of fused-ring (bicyclic) bond motifs is 1. The van der Waals surface area contributed by atoms with Gasteiger partial charge in [0.15, 0.2) is 4.90 Å². The van der Waals surface area contributed by atoms with Gasteiger partial charge in [-0.25, -0.2) is 17.6 Å². The lowest BCUT2D eigenvalue weighted by Crippen LogP contribution is -2.48. The summed E-state index contributed by atoms with van der Waals surface area (Å²) in [7, 11) is -4.77. The maximum Gasteiger partial charge on any atom is 0.427 e. The Hall–Kier alpha value is -3.90. The van der Waals surface area contributed by atoms with Crippen molar-refractivity contribution in [3.05, 3.63) is 24.4 Å². The van der Waals surface area contributed by atoms with Crippen molar-refractivity contribution in [3.8, 4) is 11.6 Å². The number of benzene rings is 1. The van der Waals surface area contributed by atoms with Crippen molar-refractivity contribution in [3.63, 3.8) is 0 Å². The lowest BCUT2D eigenvalue weighted by molar-refractivity contribution is -0.242. The molecular formula is C24H27F6N5O7S. The van der Waals surface area contributed by atoms with Gasteiger partial charge in [-0.2, -0.15) is 22.0 Å². The third-order valence-corrected chi connectivity index (χ3v) is 8.27. The molecule has 2 amide bonds. The number of aromatic nitrogens is 2. The molecule has 12 nitrogen and oxygen atoms in total. The zero-order valence-electron chi connectivity index (χ0n) is 22.8. The topological polar surface area (TPSA) is 141 Å². The Bertz CT molecular complexity index is 1480. The predicted molar refractivity (Wildman–Crippen MR) is 136 cm³/mol. The second-order valence-corrected chi connectivity index (χ2v) is 11.9. The summed E-state index contributed by atoms with van der Waals surface area (Å²) in [4.78, 5) is 23.6. The molecule has 0 saturated heterocycles. The Morgan fingerprint density at radius 3 is 2.49 bits per heavy atom. The summed E-state index contributed by atoms with van der Waals surface area (Å²) in [6, 6.07) is 3.44. The van der Waals surface area contributed by atoms with Crippen LogP contribution in [0.3, 0.4) is 0 Å². The number of hydrogen-bond acceptors (Lipinski definition) is 8. The number of alkyl halides is 6. The highest BCUT2D eigenvalue weighted by Gasteiger charge is 2.51. The fraction of sp³-hybridized carbons (Fsp3) is 0.542. The van der Waals surface area contributed by atoms with Crippen LogP contribution in [0.15, 0.2) is 29.3 Å². The Labute approximate surface area is 241 Å². The fourth-order valence-corrected chi connectivity index (χ4v) is 5.51. The Kier molecular flexibility index (Phi) is 8.67. The summed E-state index contributed by atoms with van der Waals surface area (Å²) < 4.78 is 123.